The molecule has 0 rings (SSSR count). The van der Waals surface area contributed by atoms with Crippen LogP contribution in [0.2, 0.25) is 0 Å². The van der Waals surface area contributed by atoms with Crippen molar-refractivity contribution in [1.29, 1.82) is 0 Å². The van der Waals surface area contributed by atoms with E-state index in [0.717, 1.165) is 0 Å². The molecule has 0 spiro atoms. The molecule has 0 aliphatic rings. The lowest BCUT2D eigenvalue weighted by atomic mass is 10.0. The van der Waals surface area contributed by atoms with Gasteiger partial charge in [-0.1, -0.05) is 13.8 Å². The van der Waals surface area contributed by atoms with Crippen molar-refractivity contribution < 1.29 is 14.7 Å². The van der Waals surface area contributed by atoms with Gasteiger partial charge in [-0.25, -0.2) is 0 Å². The number of amides is 1. The van der Waals surface area contributed by atoms with Crippen LogP contribution in [0, 0.1) is 11.8 Å². The Morgan fingerprint density at radius 2 is 1.75 bits per heavy atom. The van der Waals surface area contributed by atoms with Gasteiger partial charge < -0.3 is 15.3 Å². The summed E-state index contributed by atoms with van der Waals surface area (Å²) in [7, 11) is 3.88. The van der Waals surface area contributed by atoms with Crippen molar-refractivity contribution in [3.05, 3.63) is 0 Å². The molecule has 16 heavy (non-hydrogen) atoms. The molecule has 0 bridgehead atoms. The van der Waals surface area contributed by atoms with Crippen molar-refractivity contribution in [1.82, 2.24) is 10.2 Å². The monoisotopic (exact) mass is 230 g/mol. The van der Waals surface area contributed by atoms with Crippen LogP contribution < -0.4 is 5.32 Å². The number of nitrogens with zero attached hydrogens (tertiary/aromatic N) is 1. The van der Waals surface area contributed by atoms with Crippen LogP contribution in [0.3, 0.4) is 0 Å². The topological polar surface area (TPSA) is 69.6 Å². The average Bonchev–Trinajstić information content (AvgIpc) is 2.15. The maximum atomic E-state index is 11.4. The molecule has 0 aromatic carbocycles. The van der Waals surface area contributed by atoms with Gasteiger partial charge in [0.15, 0.2) is 0 Å². The first kappa shape index (κ1) is 14.9. The highest BCUT2D eigenvalue weighted by molar-refractivity contribution is 5.96. The fourth-order valence-corrected chi connectivity index (χ4v) is 1.48. The second-order valence-corrected chi connectivity index (χ2v) is 4.58. The van der Waals surface area contributed by atoms with Gasteiger partial charge in [0.2, 0.25) is 5.91 Å². The van der Waals surface area contributed by atoms with Gasteiger partial charge in [-0.3, -0.25) is 9.59 Å². The lowest BCUT2D eigenvalue weighted by Crippen LogP contribution is -2.45. The number of carboxylic acid groups (broad SMARTS) is 1. The Hall–Kier alpha value is -1.10. The van der Waals surface area contributed by atoms with Crippen LogP contribution in [0.5, 0.6) is 0 Å². The maximum Gasteiger partial charge on any atom is 0.315 e. The predicted molar refractivity (Wildman–Crippen MR) is 62.1 cm³/mol. The van der Waals surface area contributed by atoms with Crippen molar-refractivity contribution in [2.75, 3.05) is 20.6 Å². The van der Waals surface area contributed by atoms with Crippen molar-refractivity contribution in [2.24, 2.45) is 11.8 Å². The van der Waals surface area contributed by atoms with Crippen LogP contribution >= 0.6 is 0 Å². The van der Waals surface area contributed by atoms with Crippen molar-refractivity contribution in [3.63, 3.8) is 0 Å². The van der Waals surface area contributed by atoms with E-state index in [4.69, 9.17) is 5.11 Å². The zero-order chi connectivity index (χ0) is 12.9. The first-order chi connectivity index (χ1) is 7.27. The van der Waals surface area contributed by atoms with E-state index in [2.05, 4.69) is 19.2 Å². The van der Waals surface area contributed by atoms with E-state index in [0.29, 0.717) is 12.5 Å². The standard InChI is InChI=1S/C11H22N2O3/c1-7(2)9(13(4)5)6-12-10(14)8(3)11(15)16/h7-9H,6H2,1-5H3,(H,12,14)(H,15,16). The van der Waals surface area contributed by atoms with Crippen LogP contribution in [0.1, 0.15) is 20.8 Å². The number of aliphatic carboxylic acids is 1. The van der Waals surface area contributed by atoms with E-state index in [9.17, 15) is 9.59 Å². The Morgan fingerprint density at radius 1 is 1.25 bits per heavy atom. The molecule has 2 unspecified atom stereocenters. The smallest absolute Gasteiger partial charge is 0.315 e. The van der Waals surface area contributed by atoms with Gasteiger partial charge in [0.05, 0.1) is 0 Å². The molecule has 5 heteroatoms. The summed E-state index contributed by atoms with van der Waals surface area (Å²) < 4.78 is 0. The molecule has 2 atom stereocenters. The summed E-state index contributed by atoms with van der Waals surface area (Å²) in [4.78, 5) is 24.0. The fourth-order valence-electron chi connectivity index (χ4n) is 1.48. The minimum absolute atomic E-state index is 0.213. The Balaban J connectivity index is 4.22. The molecule has 1 amide bonds. The molecule has 0 radical (unpaired) electrons. The molecular formula is C11H22N2O3. The highest BCUT2D eigenvalue weighted by Crippen LogP contribution is 2.06. The second kappa shape index (κ2) is 6.48. The quantitative estimate of drug-likeness (QED) is 0.648. The molecule has 0 aromatic rings. The first-order valence-electron chi connectivity index (χ1n) is 5.44. The number of hydrogen-bond donors (Lipinski definition) is 2. The third kappa shape index (κ3) is 4.61. The highest BCUT2D eigenvalue weighted by atomic mass is 16.4. The van der Waals surface area contributed by atoms with E-state index in [1.807, 2.05) is 19.0 Å². The molecular weight excluding hydrogens is 208 g/mol. The number of hydrogen-bond acceptors (Lipinski definition) is 3. The molecule has 0 aromatic heterocycles. The molecule has 0 saturated heterocycles. The third-order valence-corrected chi connectivity index (χ3v) is 2.68. The number of nitrogens with one attached hydrogen (secondary N) is 1. The molecule has 94 valence electrons. The number of rotatable bonds is 6. The van der Waals surface area contributed by atoms with Crippen molar-refractivity contribution in [2.45, 2.75) is 26.8 Å². The Bertz CT molecular complexity index is 244. The molecule has 2 N–H and O–H groups in total. The number of carbonyl (C=O) groups excluding carboxylic acids is 1. The van der Waals surface area contributed by atoms with Crippen LogP contribution in [0.25, 0.3) is 0 Å². The van der Waals surface area contributed by atoms with Gasteiger partial charge in [0.1, 0.15) is 5.92 Å². The van der Waals surface area contributed by atoms with E-state index in [1.165, 1.54) is 6.92 Å². The van der Waals surface area contributed by atoms with Gasteiger partial charge in [0.25, 0.3) is 0 Å². The average molecular weight is 230 g/mol. The van der Waals surface area contributed by atoms with Gasteiger partial charge in [0, 0.05) is 12.6 Å². The Kier molecular flexibility index (Phi) is 6.03. The van der Waals surface area contributed by atoms with Gasteiger partial charge in [-0.15, -0.1) is 0 Å². The number of carbonyl (C=O) groups is 2. The summed E-state index contributed by atoms with van der Waals surface area (Å²) in [5.74, 6) is -2.12. The first-order valence-corrected chi connectivity index (χ1v) is 5.44. The predicted octanol–water partition coefficient (Wildman–Crippen LogP) is 0.410. The number of carboxylic acids is 1. The summed E-state index contributed by atoms with van der Waals surface area (Å²) in [5.41, 5.74) is 0. The van der Waals surface area contributed by atoms with Crippen LogP contribution in [-0.2, 0) is 9.59 Å². The van der Waals surface area contributed by atoms with Gasteiger partial charge >= 0.3 is 5.97 Å². The zero-order valence-electron chi connectivity index (χ0n) is 10.7. The van der Waals surface area contributed by atoms with Crippen LogP contribution in [0.15, 0.2) is 0 Å². The summed E-state index contributed by atoms with van der Waals surface area (Å²) >= 11 is 0. The minimum atomic E-state index is -1.09. The van der Waals surface area contributed by atoms with E-state index in [-0.39, 0.29) is 6.04 Å². The Labute approximate surface area is 96.8 Å². The fraction of sp³-hybridized carbons (Fsp3) is 0.818. The summed E-state index contributed by atoms with van der Waals surface area (Å²) in [6.07, 6.45) is 0. The summed E-state index contributed by atoms with van der Waals surface area (Å²) in [6.45, 7) is 5.99. The second-order valence-electron chi connectivity index (χ2n) is 4.58. The van der Waals surface area contributed by atoms with Crippen molar-refractivity contribution >= 4 is 11.9 Å². The van der Waals surface area contributed by atoms with Crippen LogP contribution in [0.4, 0.5) is 0 Å². The minimum Gasteiger partial charge on any atom is -0.481 e. The molecule has 0 heterocycles. The van der Waals surface area contributed by atoms with E-state index >= 15 is 0 Å². The highest BCUT2D eigenvalue weighted by Gasteiger charge is 2.22. The Morgan fingerprint density at radius 3 is 2.06 bits per heavy atom. The molecule has 0 saturated carbocycles. The van der Waals surface area contributed by atoms with E-state index < -0.39 is 17.8 Å². The lowest BCUT2D eigenvalue weighted by Gasteiger charge is -2.28. The third-order valence-electron chi connectivity index (χ3n) is 2.68. The van der Waals surface area contributed by atoms with E-state index in [1.54, 1.807) is 0 Å². The largest absolute Gasteiger partial charge is 0.481 e. The lowest BCUT2D eigenvalue weighted by molar-refractivity contribution is -0.146. The summed E-state index contributed by atoms with van der Waals surface area (Å²) in [5, 5.41) is 11.3. The maximum absolute atomic E-state index is 11.4. The molecule has 0 aliphatic heterocycles. The molecule has 0 aliphatic carbocycles. The molecule has 0 fully saturated rings. The van der Waals surface area contributed by atoms with Crippen molar-refractivity contribution in [3.8, 4) is 0 Å². The van der Waals surface area contributed by atoms with Gasteiger partial charge in [-0.2, -0.15) is 0 Å². The van der Waals surface area contributed by atoms with Gasteiger partial charge in [-0.05, 0) is 26.9 Å². The SMILES string of the molecule is CC(C(=O)O)C(=O)NCC(C(C)C)N(C)C. The zero-order valence-corrected chi connectivity index (χ0v) is 10.7. The molecule has 5 nitrogen and oxygen atoms in total. The normalized spacial score (nSPS) is 14.9. The van der Waals surface area contributed by atoms with Crippen LogP contribution in [-0.4, -0.2) is 48.6 Å². The summed E-state index contributed by atoms with van der Waals surface area (Å²) in [6, 6.07) is 0.213. The number of likely N-dealkylation sites (N-methyl/N-ethyl adjacent to an activating group) is 1.